The van der Waals surface area contributed by atoms with E-state index >= 15 is 0 Å². The van der Waals surface area contributed by atoms with E-state index in [9.17, 15) is 0 Å². The second-order valence-electron chi connectivity index (χ2n) is 4.96. The van der Waals surface area contributed by atoms with Gasteiger partial charge in [0.15, 0.2) is 0 Å². The second-order valence-corrected chi connectivity index (χ2v) is 4.96. The molecule has 0 fully saturated rings. The lowest BCUT2D eigenvalue weighted by Crippen LogP contribution is -2.08. The average molecular weight is 262 g/mol. The highest BCUT2D eigenvalue weighted by Gasteiger charge is 2.25. The molecule has 0 saturated carbocycles. The van der Waals surface area contributed by atoms with E-state index in [-0.39, 0.29) is 0 Å². The molecule has 3 heteroatoms. The molecule has 0 amide bonds. The topological polar surface area (TPSA) is 27.1 Å². The van der Waals surface area contributed by atoms with Crippen LogP contribution in [0.4, 0.5) is 0 Å². The van der Waals surface area contributed by atoms with Gasteiger partial charge in [0, 0.05) is 0 Å². The van der Waals surface area contributed by atoms with E-state index < -0.39 is 0 Å². The van der Waals surface area contributed by atoms with E-state index in [0.29, 0.717) is 6.61 Å². The molecule has 4 rings (SSSR count). The number of aromatic nitrogens is 2. The van der Waals surface area contributed by atoms with Gasteiger partial charge in [-0.1, -0.05) is 42.5 Å². The van der Waals surface area contributed by atoms with E-state index in [0.717, 1.165) is 22.8 Å². The van der Waals surface area contributed by atoms with Crippen molar-refractivity contribution in [3.05, 3.63) is 65.9 Å². The fourth-order valence-electron chi connectivity index (χ4n) is 2.73. The fourth-order valence-corrected chi connectivity index (χ4v) is 2.73. The third-order valence-electron chi connectivity index (χ3n) is 3.67. The molecule has 2 aromatic carbocycles. The molecule has 2 heterocycles. The summed E-state index contributed by atoms with van der Waals surface area (Å²) in [5.74, 6) is 0.840. The highest BCUT2D eigenvalue weighted by molar-refractivity contribution is 5.76. The van der Waals surface area contributed by atoms with Crippen LogP contribution in [0.2, 0.25) is 0 Å². The number of fused-ring (bicyclic) bond motifs is 3. The van der Waals surface area contributed by atoms with E-state index in [1.54, 1.807) is 0 Å². The molecule has 0 N–H and O–H groups in total. The molecule has 3 aromatic rings. The van der Waals surface area contributed by atoms with Crippen LogP contribution in [0.15, 0.2) is 54.6 Å². The quantitative estimate of drug-likeness (QED) is 0.668. The molecule has 0 saturated heterocycles. The second kappa shape index (κ2) is 4.23. The number of aryl methyl sites for hydroxylation is 1. The Kier molecular flexibility index (Phi) is 2.39. The van der Waals surface area contributed by atoms with Gasteiger partial charge < -0.3 is 4.74 Å². The zero-order valence-electron chi connectivity index (χ0n) is 11.2. The standard InChI is InChI=1S/C17H14N2O/c1-12-16-15-10-6-5-7-13(15)11-20-17(16)19(18-12)14-8-3-2-4-9-14/h2-10H,11H2,1H3. The van der Waals surface area contributed by atoms with Crippen LogP contribution in [0.1, 0.15) is 11.3 Å². The number of nitrogens with zero attached hydrogens (tertiary/aromatic N) is 2. The summed E-state index contributed by atoms with van der Waals surface area (Å²) in [6, 6.07) is 18.5. The first kappa shape index (κ1) is 11.3. The Bertz CT molecular complexity index is 775. The summed E-state index contributed by atoms with van der Waals surface area (Å²) in [6.45, 7) is 2.63. The third kappa shape index (κ3) is 1.56. The van der Waals surface area contributed by atoms with Crippen molar-refractivity contribution in [1.82, 2.24) is 9.78 Å². The van der Waals surface area contributed by atoms with Crippen LogP contribution < -0.4 is 4.74 Å². The van der Waals surface area contributed by atoms with Crippen molar-refractivity contribution in [2.24, 2.45) is 0 Å². The minimum Gasteiger partial charge on any atom is -0.472 e. The number of hydrogen-bond donors (Lipinski definition) is 0. The number of para-hydroxylation sites is 1. The molecule has 98 valence electrons. The summed E-state index contributed by atoms with van der Waals surface area (Å²) in [5, 5.41) is 4.65. The van der Waals surface area contributed by atoms with Gasteiger partial charge in [-0.25, -0.2) is 4.68 Å². The van der Waals surface area contributed by atoms with Gasteiger partial charge in [0.05, 0.1) is 16.9 Å². The molecule has 0 unspecified atom stereocenters. The van der Waals surface area contributed by atoms with Crippen LogP contribution in [0.5, 0.6) is 5.88 Å². The van der Waals surface area contributed by atoms with Gasteiger partial charge in [-0.3, -0.25) is 0 Å². The Labute approximate surface area is 117 Å². The summed E-state index contributed by atoms with van der Waals surface area (Å²) >= 11 is 0. The van der Waals surface area contributed by atoms with Gasteiger partial charge in [0.25, 0.3) is 0 Å². The molecule has 0 spiro atoms. The van der Waals surface area contributed by atoms with Crippen LogP contribution in [0, 0.1) is 6.92 Å². The summed E-state index contributed by atoms with van der Waals surface area (Å²) in [7, 11) is 0. The molecule has 0 bridgehead atoms. The summed E-state index contributed by atoms with van der Waals surface area (Å²) in [4.78, 5) is 0. The molecule has 20 heavy (non-hydrogen) atoms. The summed E-state index contributed by atoms with van der Waals surface area (Å²) in [5.41, 5.74) is 5.58. The smallest absolute Gasteiger partial charge is 0.225 e. The molecule has 1 aliphatic heterocycles. The number of benzene rings is 2. The van der Waals surface area contributed by atoms with Crippen molar-refractivity contribution in [2.45, 2.75) is 13.5 Å². The summed E-state index contributed by atoms with van der Waals surface area (Å²) in [6.07, 6.45) is 0. The molecule has 0 aliphatic carbocycles. The van der Waals surface area contributed by atoms with E-state index in [2.05, 4.69) is 23.3 Å². The lowest BCUT2D eigenvalue weighted by Gasteiger charge is -2.19. The Morgan fingerprint density at radius 3 is 2.60 bits per heavy atom. The lowest BCUT2D eigenvalue weighted by atomic mass is 9.99. The molecule has 1 aromatic heterocycles. The first-order chi connectivity index (χ1) is 9.84. The molecule has 0 atom stereocenters. The van der Waals surface area contributed by atoms with Crippen LogP contribution in [-0.4, -0.2) is 9.78 Å². The maximum absolute atomic E-state index is 5.96. The van der Waals surface area contributed by atoms with Gasteiger partial charge in [-0.05, 0) is 30.2 Å². The van der Waals surface area contributed by atoms with E-state index in [4.69, 9.17) is 4.74 Å². The highest BCUT2D eigenvalue weighted by Crippen LogP contribution is 2.40. The van der Waals surface area contributed by atoms with Crippen molar-refractivity contribution in [1.29, 1.82) is 0 Å². The predicted octanol–water partition coefficient (Wildman–Crippen LogP) is 3.74. The van der Waals surface area contributed by atoms with Crippen LogP contribution in [0.25, 0.3) is 16.8 Å². The van der Waals surface area contributed by atoms with Gasteiger partial charge >= 0.3 is 0 Å². The van der Waals surface area contributed by atoms with E-state index in [1.807, 2.05) is 48.0 Å². The normalized spacial score (nSPS) is 12.4. The van der Waals surface area contributed by atoms with Crippen LogP contribution >= 0.6 is 0 Å². The number of ether oxygens (including phenoxy) is 1. The monoisotopic (exact) mass is 262 g/mol. The number of hydrogen-bond acceptors (Lipinski definition) is 2. The highest BCUT2D eigenvalue weighted by atomic mass is 16.5. The predicted molar refractivity (Wildman–Crippen MR) is 78.1 cm³/mol. The average Bonchev–Trinajstić information content (AvgIpc) is 2.86. The third-order valence-corrected chi connectivity index (χ3v) is 3.67. The maximum atomic E-state index is 5.96. The maximum Gasteiger partial charge on any atom is 0.225 e. The van der Waals surface area contributed by atoms with Gasteiger partial charge in [-0.15, -0.1) is 0 Å². The fraction of sp³-hybridized carbons (Fsp3) is 0.118. The van der Waals surface area contributed by atoms with Crippen molar-refractivity contribution >= 4 is 0 Å². The Hall–Kier alpha value is -2.55. The van der Waals surface area contributed by atoms with Crippen molar-refractivity contribution in [3.8, 4) is 22.7 Å². The minimum absolute atomic E-state index is 0.598. The van der Waals surface area contributed by atoms with Crippen LogP contribution in [-0.2, 0) is 6.61 Å². The van der Waals surface area contributed by atoms with E-state index in [1.165, 1.54) is 11.1 Å². The summed E-state index contributed by atoms with van der Waals surface area (Å²) < 4.78 is 7.85. The zero-order chi connectivity index (χ0) is 13.5. The minimum atomic E-state index is 0.598. The molecule has 0 radical (unpaired) electrons. The number of rotatable bonds is 1. The lowest BCUT2D eigenvalue weighted by molar-refractivity contribution is 0.281. The Morgan fingerprint density at radius 1 is 1.00 bits per heavy atom. The zero-order valence-corrected chi connectivity index (χ0v) is 11.2. The SMILES string of the molecule is Cc1nn(-c2ccccc2)c2c1-c1ccccc1CO2. The Balaban J connectivity index is 1.97. The van der Waals surface area contributed by atoms with Gasteiger partial charge in [0.1, 0.15) is 6.61 Å². The van der Waals surface area contributed by atoms with Crippen LogP contribution in [0.3, 0.4) is 0 Å². The van der Waals surface area contributed by atoms with Gasteiger partial charge in [0.2, 0.25) is 5.88 Å². The molecular weight excluding hydrogens is 248 g/mol. The first-order valence-electron chi connectivity index (χ1n) is 6.71. The largest absolute Gasteiger partial charge is 0.472 e. The van der Waals surface area contributed by atoms with Crippen molar-refractivity contribution < 1.29 is 4.74 Å². The molecule has 3 nitrogen and oxygen atoms in total. The molecule has 1 aliphatic rings. The van der Waals surface area contributed by atoms with Crippen molar-refractivity contribution in [3.63, 3.8) is 0 Å². The molecular formula is C17H14N2O. The van der Waals surface area contributed by atoms with Gasteiger partial charge in [-0.2, -0.15) is 5.10 Å². The van der Waals surface area contributed by atoms with Crippen molar-refractivity contribution in [2.75, 3.05) is 0 Å². The first-order valence-corrected chi connectivity index (χ1v) is 6.71. The Morgan fingerprint density at radius 2 is 1.75 bits per heavy atom.